The summed E-state index contributed by atoms with van der Waals surface area (Å²) in [4.78, 5) is 5.11. The summed E-state index contributed by atoms with van der Waals surface area (Å²) in [5.41, 5.74) is 21.4. The van der Waals surface area contributed by atoms with Crippen LogP contribution < -0.4 is 26.2 Å². The van der Waals surface area contributed by atoms with E-state index in [0.29, 0.717) is 0 Å². The van der Waals surface area contributed by atoms with E-state index in [-0.39, 0.29) is 28.4 Å². The van der Waals surface area contributed by atoms with Crippen LogP contribution in [-0.4, -0.2) is 11.3 Å². The molecule has 0 N–H and O–H groups in total. The highest BCUT2D eigenvalue weighted by molar-refractivity contribution is 7.26. The third-order valence-corrected chi connectivity index (χ3v) is 17.0. The Kier molecular flexibility index (Phi) is 9.51. The van der Waals surface area contributed by atoms with Gasteiger partial charge in [-0.3, -0.25) is 0 Å². The molecule has 3 aromatic heterocycles. The molecule has 356 valence electrons. The number of nitrogens with zero attached hydrogens (tertiary/aromatic N) is 3. The molecule has 8 aromatic carbocycles. The van der Waals surface area contributed by atoms with Crippen molar-refractivity contribution in [3.63, 3.8) is 0 Å². The van der Waals surface area contributed by atoms with Crippen LogP contribution in [0.4, 0.5) is 34.1 Å². The van der Waals surface area contributed by atoms with Crippen molar-refractivity contribution in [2.45, 2.75) is 105 Å². The number of hydrogen-bond donors (Lipinski definition) is 0. The molecule has 0 bridgehead atoms. The zero-order valence-electron chi connectivity index (χ0n) is 43.7. The van der Waals surface area contributed by atoms with E-state index in [0.717, 1.165) is 39.1 Å². The second kappa shape index (κ2) is 15.3. The minimum absolute atomic E-state index is 0.0288. The molecular formula is C66H62BN3OS. The van der Waals surface area contributed by atoms with Crippen molar-refractivity contribution in [3.05, 3.63) is 180 Å². The van der Waals surface area contributed by atoms with Crippen LogP contribution in [0.1, 0.15) is 105 Å². The first-order valence-electron chi connectivity index (χ1n) is 25.8. The van der Waals surface area contributed by atoms with Gasteiger partial charge in [-0.15, -0.1) is 11.3 Å². The van der Waals surface area contributed by atoms with Crippen LogP contribution in [0.2, 0.25) is 0 Å². The number of furan rings is 1. The zero-order valence-corrected chi connectivity index (χ0v) is 44.6. The Bertz CT molecular complexity index is 3970. The lowest BCUT2D eigenvalue weighted by Gasteiger charge is -2.42. The van der Waals surface area contributed by atoms with Crippen molar-refractivity contribution in [2.24, 2.45) is 0 Å². The summed E-state index contributed by atoms with van der Waals surface area (Å²) in [5.74, 6) is 0. The Labute approximate surface area is 428 Å². The molecule has 0 saturated carbocycles. The molecule has 0 saturated heterocycles. The van der Waals surface area contributed by atoms with Gasteiger partial charge in [-0.2, -0.15) is 0 Å². The van der Waals surface area contributed by atoms with Gasteiger partial charge < -0.3 is 18.8 Å². The number of fused-ring (bicyclic) bond motifs is 12. The third-order valence-electron chi connectivity index (χ3n) is 15.8. The molecule has 2 aliphatic heterocycles. The van der Waals surface area contributed by atoms with E-state index in [1.807, 2.05) is 11.3 Å². The average Bonchev–Trinajstić information content (AvgIpc) is 4.02. The van der Waals surface area contributed by atoms with Gasteiger partial charge in [-0.05, 0) is 139 Å². The van der Waals surface area contributed by atoms with Crippen molar-refractivity contribution < 1.29 is 4.42 Å². The summed E-state index contributed by atoms with van der Waals surface area (Å²) in [5, 5.41) is 4.90. The van der Waals surface area contributed by atoms with Crippen LogP contribution in [0, 0.1) is 0 Å². The molecule has 2 aliphatic rings. The maximum atomic E-state index is 7.01. The van der Waals surface area contributed by atoms with E-state index >= 15 is 0 Å². The quantitative estimate of drug-likeness (QED) is 0.164. The molecule has 11 aromatic rings. The fraction of sp³-hybridized carbons (Fsp3) is 0.242. The van der Waals surface area contributed by atoms with E-state index in [2.05, 4.69) is 255 Å². The summed E-state index contributed by atoms with van der Waals surface area (Å²) in [6.07, 6.45) is 0. The number of para-hydroxylation sites is 1. The van der Waals surface area contributed by atoms with Gasteiger partial charge in [0.1, 0.15) is 11.1 Å². The number of aromatic nitrogens is 1. The maximum absolute atomic E-state index is 7.01. The Balaban J connectivity index is 1.17. The Morgan fingerprint density at radius 3 is 1.65 bits per heavy atom. The fourth-order valence-corrected chi connectivity index (χ4v) is 13.0. The number of hydrogen-bond acceptors (Lipinski definition) is 4. The van der Waals surface area contributed by atoms with Crippen LogP contribution in [0.25, 0.3) is 58.8 Å². The minimum atomic E-state index is -0.159. The molecule has 5 heterocycles. The Morgan fingerprint density at radius 2 is 1.00 bits per heavy atom. The highest BCUT2D eigenvalue weighted by Crippen LogP contribution is 2.50. The molecule has 0 unspecified atom stereocenters. The maximum Gasteiger partial charge on any atom is 0.252 e. The van der Waals surface area contributed by atoms with Gasteiger partial charge in [0.15, 0.2) is 5.58 Å². The molecule has 4 nitrogen and oxygen atoms in total. The highest BCUT2D eigenvalue weighted by Gasteiger charge is 2.45. The van der Waals surface area contributed by atoms with E-state index in [1.165, 1.54) is 92.5 Å². The van der Waals surface area contributed by atoms with Gasteiger partial charge in [0, 0.05) is 60.4 Å². The number of anilines is 6. The molecule has 0 amide bonds. The van der Waals surface area contributed by atoms with Crippen LogP contribution in [-0.2, 0) is 21.7 Å². The molecule has 0 fully saturated rings. The van der Waals surface area contributed by atoms with Gasteiger partial charge >= 0.3 is 0 Å². The first kappa shape index (κ1) is 44.9. The highest BCUT2D eigenvalue weighted by atomic mass is 32.1. The van der Waals surface area contributed by atoms with E-state index in [9.17, 15) is 0 Å². The summed E-state index contributed by atoms with van der Waals surface area (Å²) in [6, 6.07) is 60.3. The predicted octanol–water partition coefficient (Wildman–Crippen LogP) is 17.2. The second-order valence-corrected chi connectivity index (χ2v) is 25.7. The summed E-state index contributed by atoms with van der Waals surface area (Å²) < 4.78 is 12.2. The smallest absolute Gasteiger partial charge is 0.252 e. The van der Waals surface area contributed by atoms with Gasteiger partial charge in [0.2, 0.25) is 0 Å². The van der Waals surface area contributed by atoms with Crippen LogP contribution in [0.3, 0.4) is 0 Å². The largest absolute Gasteiger partial charge is 0.454 e. The molecule has 0 aliphatic carbocycles. The van der Waals surface area contributed by atoms with Crippen molar-refractivity contribution in [1.82, 2.24) is 4.57 Å². The fourth-order valence-electron chi connectivity index (χ4n) is 11.8. The first-order valence-corrected chi connectivity index (χ1v) is 26.6. The molecular weight excluding hydrogens is 894 g/mol. The third kappa shape index (κ3) is 6.70. The molecule has 0 atom stereocenters. The number of rotatable bonds is 4. The Morgan fingerprint density at radius 1 is 0.431 bits per heavy atom. The molecule has 72 heavy (non-hydrogen) atoms. The second-order valence-electron chi connectivity index (χ2n) is 24.7. The van der Waals surface area contributed by atoms with E-state index < -0.39 is 0 Å². The molecule has 0 radical (unpaired) electrons. The Hall–Kier alpha value is -7.02. The standard InChI is InChI=1S/C66H62BN3OS/c1-63(2,3)39-24-28-43(29-25-39)68(44-30-26-40(27-31-44)64(4,5)6)45-32-33-50-53(38-45)69(52-21-17-20-47-46-18-14-16-23-57(46)72-62(47)52)54-36-42(66(10,11)12)37-55-58(54)67(50)51-35-41(65(7,8)9)34-49-59(51)70(55)60-48-19-13-15-22-56(48)71-61(49)60/h13-38H,1-12H3. The van der Waals surface area contributed by atoms with Crippen LogP contribution in [0.15, 0.2) is 162 Å². The van der Waals surface area contributed by atoms with Gasteiger partial charge in [0.25, 0.3) is 6.71 Å². The minimum Gasteiger partial charge on any atom is -0.454 e. The summed E-state index contributed by atoms with van der Waals surface area (Å²) in [6.45, 7) is 27.8. The lowest BCUT2D eigenvalue weighted by atomic mass is 9.33. The van der Waals surface area contributed by atoms with Crippen molar-refractivity contribution in [3.8, 4) is 5.69 Å². The predicted molar refractivity (Wildman–Crippen MR) is 312 cm³/mol. The van der Waals surface area contributed by atoms with Crippen molar-refractivity contribution in [2.75, 3.05) is 9.80 Å². The number of benzene rings is 8. The topological polar surface area (TPSA) is 24.6 Å². The normalized spacial score (nSPS) is 13.8. The monoisotopic (exact) mass is 955 g/mol. The molecule has 6 heteroatoms. The lowest BCUT2D eigenvalue weighted by Crippen LogP contribution is -2.60. The summed E-state index contributed by atoms with van der Waals surface area (Å²) >= 11 is 1.90. The molecule has 0 spiro atoms. The first-order chi connectivity index (χ1) is 34.2. The van der Waals surface area contributed by atoms with Crippen molar-refractivity contribution >= 4 is 122 Å². The lowest BCUT2D eigenvalue weighted by molar-refractivity contribution is 0.590. The van der Waals surface area contributed by atoms with E-state index in [4.69, 9.17) is 4.42 Å². The number of thiophene rings is 1. The van der Waals surface area contributed by atoms with Gasteiger partial charge in [-0.25, -0.2) is 0 Å². The summed E-state index contributed by atoms with van der Waals surface area (Å²) in [7, 11) is 0. The SMILES string of the molecule is CC(C)(C)c1ccc(N(c2ccc(C(C)(C)C)cc2)c2ccc3c(c2)N(c2cccc4c2sc2ccccc24)c2cc(C(C)(C)C)cc4c2B3c2cc(C(C)(C)C)cc3c5oc6ccccc6c5n-4c23)cc1. The van der Waals surface area contributed by atoms with Gasteiger partial charge in [-0.1, -0.05) is 162 Å². The van der Waals surface area contributed by atoms with Gasteiger partial charge in [0.05, 0.1) is 15.9 Å². The molecule has 13 rings (SSSR count). The van der Waals surface area contributed by atoms with Crippen LogP contribution >= 0.6 is 11.3 Å². The van der Waals surface area contributed by atoms with E-state index in [1.54, 1.807) is 0 Å². The average molecular weight is 956 g/mol. The van der Waals surface area contributed by atoms with Crippen molar-refractivity contribution in [1.29, 1.82) is 0 Å². The van der Waals surface area contributed by atoms with Crippen LogP contribution in [0.5, 0.6) is 0 Å². The zero-order chi connectivity index (χ0) is 50.0.